The number of nitrogens with one attached hydrogen (secondary N) is 1. The maximum absolute atomic E-state index is 13.0. The van der Waals surface area contributed by atoms with Gasteiger partial charge in [-0.2, -0.15) is 18.2 Å². The van der Waals surface area contributed by atoms with E-state index in [-0.39, 0.29) is 17.0 Å². The van der Waals surface area contributed by atoms with E-state index in [1.807, 2.05) is 0 Å². The van der Waals surface area contributed by atoms with Crippen molar-refractivity contribution in [2.24, 2.45) is 0 Å². The molecule has 0 unspecified atom stereocenters. The number of carbonyl (C=O) groups is 2. The van der Waals surface area contributed by atoms with E-state index in [1.165, 1.54) is 12.1 Å². The lowest BCUT2D eigenvalue weighted by atomic mass is 9.95. The van der Waals surface area contributed by atoms with Crippen LogP contribution in [0, 0.1) is 0 Å². The molecule has 0 saturated carbocycles. The number of para-hydroxylation sites is 1. The zero-order valence-electron chi connectivity index (χ0n) is 13.3. The van der Waals surface area contributed by atoms with E-state index in [9.17, 15) is 28.0 Å². The van der Waals surface area contributed by atoms with Crippen LogP contribution >= 0.6 is 0 Å². The number of carbonyl (C=O) groups excluding carboxylic acids is 2. The van der Waals surface area contributed by atoms with Gasteiger partial charge in [0.1, 0.15) is 11.6 Å². The first-order valence-electron chi connectivity index (χ1n) is 7.11. The Morgan fingerprint density at radius 2 is 1.96 bits per heavy atom. The second-order valence-electron chi connectivity index (χ2n) is 6.36. The maximum Gasteiger partial charge on any atom is 0.418 e. The molecule has 2 amide bonds. The molecule has 0 aliphatic carbocycles. The monoisotopic (exact) mass is 346 g/mol. The molecule has 0 aromatic heterocycles. The molecule has 1 aromatic carbocycles. The third-order valence-electron chi connectivity index (χ3n) is 3.26. The molecule has 6 nitrogen and oxygen atoms in total. The highest BCUT2D eigenvalue weighted by atomic mass is 19.4. The first kappa shape index (κ1) is 18.1. The topological polar surface area (TPSA) is 78.9 Å². The van der Waals surface area contributed by atoms with Crippen molar-refractivity contribution in [3.05, 3.63) is 29.3 Å². The van der Waals surface area contributed by atoms with Gasteiger partial charge in [-0.1, -0.05) is 12.1 Å². The quantitative estimate of drug-likeness (QED) is 0.767. The van der Waals surface area contributed by atoms with Crippen LogP contribution in [0.1, 0.15) is 31.9 Å². The molecule has 0 spiro atoms. The van der Waals surface area contributed by atoms with Crippen LogP contribution < -0.4 is 10.4 Å². The van der Waals surface area contributed by atoms with Crippen LogP contribution in [0.4, 0.5) is 23.7 Å². The summed E-state index contributed by atoms with van der Waals surface area (Å²) in [5.41, 5.74) is -2.45. The van der Waals surface area contributed by atoms with Gasteiger partial charge in [-0.05, 0) is 32.4 Å². The van der Waals surface area contributed by atoms with Gasteiger partial charge in [-0.3, -0.25) is 10.0 Å². The molecule has 24 heavy (non-hydrogen) atoms. The van der Waals surface area contributed by atoms with Crippen LogP contribution in [0.15, 0.2) is 18.2 Å². The standard InChI is InChI=1S/C15H17F3N2O4/c1-14(2,3)24-13(22)19-10-7-8-5-4-6-9(15(16,17)18)11(8)20(23)12(10)21/h4-6,10,23H,7H2,1-3H3,(H,19,22)/t10-/m0/s1. The molecule has 2 N–H and O–H groups in total. The Morgan fingerprint density at radius 1 is 1.33 bits per heavy atom. The molecule has 0 fully saturated rings. The van der Waals surface area contributed by atoms with Crippen molar-refractivity contribution in [1.82, 2.24) is 5.32 Å². The Labute approximate surface area is 136 Å². The molecule has 1 aromatic rings. The summed E-state index contributed by atoms with van der Waals surface area (Å²) in [6, 6.07) is 2.08. The third-order valence-corrected chi connectivity index (χ3v) is 3.26. The summed E-state index contributed by atoms with van der Waals surface area (Å²) in [4.78, 5) is 23.9. The summed E-state index contributed by atoms with van der Waals surface area (Å²) in [6.45, 7) is 4.87. The summed E-state index contributed by atoms with van der Waals surface area (Å²) in [7, 11) is 0. The molecular weight excluding hydrogens is 329 g/mol. The molecule has 0 bridgehead atoms. The smallest absolute Gasteiger partial charge is 0.418 e. The third kappa shape index (κ3) is 3.78. The van der Waals surface area contributed by atoms with Gasteiger partial charge in [0.15, 0.2) is 0 Å². The number of hydrogen-bond donors (Lipinski definition) is 2. The number of nitrogens with zero attached hydrogens (tertiary/aromatic N) is 1. The number of amides is 2. The van der Waals surface area contributed by atoms with E-state index in [0.29, 0.717) is 0 Å². The second kappa shape index (κ2) is 5.97. The zero-order chi connectivity index (χ0) is 18.3. The van der Waals surface area contributed by atoms with Crippen LogP contribution in [0.5, 0.6) is 0 Å². The highest BCUT2D eigenvalue weighted by Crippen LogP contribution is 2.40. The highest BCUT2D eigenvalue weighted by Gasteiger charge is 2.42. The van der Waals surface area contributed by atoms with Gasteiger partial charge in [0, 0.05) is 6.42 Å². The Hall–Kier alpha value is -2.29. The Kier molecular flexibility index (Phi) is 4.49. The van der Waals surface area contributed by atoms with Crippen LogP contribution in [0.2, 0.25) is 0 Å². The molecule has 0 radical (unpaired) electrons. The fourth-order valence-corrected chi connectivity index (χ4v) is 2.36. The van der Waals surface area contributed by atoms with Crippen molar-refractivity contribution in [2.45, 2.75) is 45.0 Å². The number of hydrogen-bond acceptors (Lipinski definition) is 4. The second-order valence-corrected chi connectivity index (χ2v) is 6.36. The number of halogens is 3. The summed E-state index contributed by atoms with van der Waals surface area (Å²) in [5, 5.41) is 12.1. The minimum absolute atomic E-state index is 0.0658. The van der Waals surface area contributed by atoms with Crippen LogP contribution in [-0.2, 0) is 22.1 Å². The van der Waals surface area contributed by atoms with E-state index in [0.717, 1.165) is 6.07 Å². The van der Waals surface area contributed by atoms with Crippen molar-refractivity contribution in [1.29, 1.82) is 0 Å². The summed E-state index contributed by atoms with van der Waals surface area (Å²) >= 11 is 0. The molecule has 1 aliphatic rings. The number of alkyl carbamates (subject to hydrolysis) is 1. The summed E-state index contributed by atoms with van der Waals surface area (Å²) in [6.07, 6.45) is -5.81. The van der Waals surface area contributed by atoms with E-state index in [1.54, 1.807) is 20.8 Å². The van der Waals surface area contributed by atoms with Crippen molar-refractivity contribution in [3.63, 3.8) is 0 Å². The Bertz CT molecular complexity index is 668. The Morgan fingerprint density at radius 3 is 2.50 bits per heavy atom. The largest absolute Gasteiger partial charge is 0.444 e. The number of benzene rings is 1. The van der Waals surface area contributed by atoms with Crippen molar-refractivity contribution < 1.29 is 32.7 Å². The van der Waals surface area contributed by atoms with Crippen molar-refractivity contribution in [3.8, 4) is 0 Å². The fourth-order valence-electron chi connectivity index (χ4n) is 2.36. The maximum atomic E-state index is 13.0. The van der Waals surface area contributed by atoms with Gasteiger partial charge in [-0.15, -0.1) is 0 Å². The van der Waals surface area contributed by atoms with E-state index >= 15 is 0 Å². The SMILES string of the molecule is CC(C)(C)OC(=O)N[C@H]1Cc2cccc(C(F)(F)F)c2N(O)C1=O. The number of fused-ring (bicyclic) bond motifs is 1. The van der Waals surface area contributed by atoms with Gasteiger partial charge in [0.2, 0.25) is 0 Å². The van der Waals surface area contributed by atoms with Crippen LogP contribution in [0.25, 0.3) is 0 Å². The lowest BCUT2D eigenvalue weighted by molar-refractivity contribution is -0.138. The fraction of sp³-hybridized carbons (Fsp3) is 0.467. The van der Waals surface area contributed by atoms with E-state index in [2.05, 4.69) is 5.32 Å². The number of anilines is 1. The molecule has 2 rings (SSSR count). The van der Waals surface area contributed by atoms with Crippen molar-refractivity contribution in [2.75, 3.05) is 5.06 Å². The van der Waals surface area contributed by atoms with Gasteiger partial charge in [0.25, 0.3) is 5.91 Å². The molecule has 132 valence electrons. The normalized spacial score (nSPS) is 18.2. The molecule has 1 aliphatic heterocycles. The number of hydroxylamine groups is 1. The summed E-state index contributed by atoms with van der Waals surface area (Å²) in [5.74, 6) is -1.06. The predicted octanol–water partition coefficient (Wildman–Crippen LogP) is 2.88. The van der Waals surface area contributed by atoms with E-state index in [4.69, 9.17) is 4.74 Å². The molecule has 1 heterocycles. The average Bonchev–Trinajstić information content (AvgIpc) is 2.40. The van der Waals surface area contributed by atoms with Gasteiger partial charge < -0.3 is 10.1 Å². The molecule has 0 saturated heterocycles. The summed E-state index contributed by atoms with van der Waals surface area (Å²) < 4.78 is 44.1. The minimum atomic E-state index is -4.72. The number of rotatable bonds is 1. The van der Waals surface area contributed by atoms with Crippen LogP contribution in [0.3, 0.4) is 0 Å². The minimum Gasteiger partial charge on any atom is -0.444 e. The number of alkyl halides is 3. The Balaban J connectivity index is 2.29. The van der Waals surface area contributed by atoms with Crippen molar-refractivity contribution >= 4 is 17.7 Å². The van der Waals surface area contributed by atoms with Gasteiger partial charge in [-0.25, -0.2) is 4.79 Å². The lowest BCUT2D eigenvalue weighted by Gasteiger charge is -2.32. The van der Waals surface area contributed by atoms with Crippen LogP contribution in [-0.4, -0.2) is 28.9 Å². The average molecular weight is 346 g/mol. The highest BCUT2D eigenvalue weighted by molar-refractivity contribution is 6.00. The molecule has 9 heteroatoms. The predicted molar refractivity (Wildman–Crippen MR) is 77.6 cm³/mol. The molecule has 1 atom stereocenters. The zero-order valence-corrected chi connectivity index (χ0v) is 13.3. The lowest BCUT2D eigenvalue weighted by Crippen LogP contribution is -2.53. The van der Waals surface area contributed by atoms with Gasteiger partial charge >= 0.3 is 12.3 Å². The first-order valence-corrected chi connectivity index (χ1v) is 7.11. The van der Waals surface area contributed by atoms with E-state index < -0.39 is 41.1 Å². The number of ether oxygens (including phenoxy) is 1. The molecular formula is C15H17F3N2O4. The first-order chi connectivity index (χ1) is 10.9. The van der Waals surface area contributed by atoms with Gasteiger partial charge in [0.05, 0.1) is 11.3 Å².